The summed E-state index contributed by atoms with van der Waals surface area (Å²) in [6, 6.07) is 19.4. The van der Waals surface area contributed by atoms with Gasteiger partial charge in [-0.05, 0) is 42.5 Å². The number of ether oxygens (including phenoxy) is 1. The molecule has 0 bridgehead atoms. The Labute approximate surface area is 156 Å². The maximum absolute atomic E-state index is 12.5. The predicted molar refractivity (Wildman–Crippen MR) is 102 cm³/mol. The Kier molecular flexibility index (Phi) is 5.41. The number of nitrogens with zero attached hydrogens (tertiary/aromatic N) is 3. The molecule has 1 aromatic heterocycles. The minimum Gasteiger partial charge on any atom is -0.465 e. The molecule has 1 amide bonds. The minimum absolute atomic E-state index is 0.232. The van der Waals surface area contributed by atoms with Gasteiger partial charge in [-0.1, -0.05) is 24.3 Å². The summed E-state index contributed by atoms with van der Waals surface area (Å²) in [4.78, 5) is 25.6. The zero-order valence-corrected chi connectivity index (χ0v) is 14.9. The van der Waals surface area contributed by atoms with Crippen molar-refractivity contribution in [2.75, 3.05) is 24.4 Å². The molecule has 27 heavy (non-hydrogen) atoms. The quantitative estimate of drug-likeness (QED) is 0.701. The summed E-state index contributed by atoms with van der Waals surface area (Å²) < 4.78 is 4.71. The first-order valence-electron chi connectivity index (χ1n) is 8.20. The maximum Gasteiger partial charge on any atom is 0.337 e. The number of aromatic nitrogens is 2. The molecule has 0 atom stereocenters. The molecule has 2 aromatic carbocycles. The molecule has 0 fully saturated rings. The molecule has 3 rings (SSSR count). The molecular weight excluding hydrogens is 344 g/mol. The smallest absolute Gasteiger partial charge is 0.337 e. The number of anilines is 3. The summed E-state index contributed by atoms with van der Waals surface area (Å²) in [6.45, 7) is 0. The molecule has 0 saturated carbocycles. The number of carbonyl (C=O) groups is 2. The molecule has 3 aromatic rings. The number of hydrogen-bond acceptors (Lipinski definition) is 6. The van der Waals surface area contributed by atoms with Gasteiger partial charge in [-0.15, -0.1) is 10.2 Å². The Morgan fingerprint density at radius 3 is 2.41 bits per heavy atom. The van der Waals surface area contributed by atoms with Crippen molar-refractivity contribution in [2.24, 2.45) is 0 Å². The fourth-order valence-corrected chi connectivity index (χ4v) is 2.44. The van der Waals surface area contributed by atoms with Crippen LogP contribution in [0.1, 0.15) is 20.8 Å². The van der Waals surface area contributed by atoms with Crippen molar-refractivity contribution < 1.29 is 14.3 Å². The lowest BCUT2D eigenvalue weighted by Crippen LogP contribution is -2.27. The Balaban J connectivity index is 1.72. The van der Waals surface area contributed by atoms with E-state index in [-0.39, 0.29) is 11.6 Å². The van der Waals surface area contributed by atoms with Crippen LogP contribution in [0.3, 0.4) is 0 Å². The van der Waals surface area contributed by atoms with Crippen molar-refractivity contribution in [2.45, 2.75) is 0 Å². The first kappa shape index (κ1) is 18.1. The highest BCUT2D eigenvalue weighted by Gasteiger charge is 2.15. The van der Waals surface area contributed by atoms with Crippen molar-refractivity contribution in [3.63, 3.8) is 0 Å². The van der Waals surface area contributed by atoms with Crippen molar-refractivity contribution in [3.8, 4) is 0 Å². The lowest BCUT2D eigenvalue weighted by molar-refractivity contribution is 0.0600. The Hall–Kier alpha value is -3.74. The SMILES string of the molecule is COC(=O)c1cccc(Nc2ccc(C(=O)N(C)c3ccccc3)nn2)c1. The highest BCUT2D eigenvalue weighted by atomic mass is 16.5. The number of para-hydroxylation sites is 1. The number of esters is 1. The second kappa shape index (κ2) is 8.09. The molecule has 0 aliphatic heterocycles. The molecule has 0 aliphatic rings. The van der Waals surface area contributed by atoms with Crippen LogP contribution in [0.2, 0.25) is 0 Å². The van der Waals surface area contributed by atoms with Gasteiger partial charge in [0.1, 0.15) is 0 Å². The zero-order valence-electron chi connectivity index (χ0n) is 14.9. The number of benzene rings is 2. The third-order valence-corrected chi connectivity index (χ3v) is 3.89. The molecule has 0 saturated heterocycles. The molecule has 1 N–H and O–H groups in total. The Morgan fingerprint density at radius 2 is 1.74 bits per heavy atom. The van der Waals surface area contributed by atoms with Gasteiger partial charge in [-0.3, -0.25) is 4.79 Å². The van der Waals surface area contributed by atoms with Gasteiger partial charge in [0.15, 0.2) is 11.5 Å². The van der Waals surface area contributed by atoms with E-state index < -0.39 is 5.97 Å². The summed E-state index contributed by atoms with van der Waals surface area (Å²) in [7, 11) is 3.01. The van der Waals surface area contributed by atoms with Crippen molar-refractivity contribution >= 4 is 29.1 Å². The van der Waals surface area contributed by atoms with E-state index in [1.165, 1.54) is 12.0 Å². The monoisotopic (exact) mass is 362 g/mol. The number of carbonyl (C=O) groups excluding carboxylic acids is 2. The molecule has 7 heteroatoms. The van der Waals surface area contributed by atoms with Crippen molar-refractivity contribution in [3.05, 3.63) is 78.0 Å². The van der Waals surface area contributed by atoms with Gasteiger partial charge in [-0.2, -0.15) is 0 Å². The Bertz CT molecular complexity index is 943. The van der Waals surface area contributed by atoms with E-state index in [1.54, 1.807) is 43.4 Å². The fraction of sp³-hybridized carbons (Fsp3) is 0.100. The van der Waals surface area contributed by atoms with Crippen LogP contribution in [-0.4, -0.2) is 36.2 Å². The van der Waals surface area contributed by atoms with Gasteiger partial charge in [0.05, 0.1) is 12.7 Å². The highest BCUT2D eigenvalue weighted by molar-refractivity contribution is 6.04. The largest absolute Gasteiger partial charge is 0.465 e. The molecule has 0 aliphatic carbocycles. The number of methoxy groups -OCH3 is 1. The topological polar surface area (TPSA) is 84.4 Å². The Morgan fingerprint density at radius 1 is 0.963 bits per heavy atom. The van der Waals surface area contributed by atoms with Crippen LogP contribution >= 0.6 is 0 Å². The number of amides is 1. The molecular formula is C20H18N4O3. The summed E-state index contributed by atoms with van der Waals surface area (Å²) in [5.41, 5.74) is 2.08. The van der Waals surface area contributed by atoms with Gasteiger partial charge in [-0.25, -0.2) is 4.79 Å². The molecule has 1 heterocycles. The lowest BCUT2D eigenvalue weighted by Gasteiger charge is -2.16. The van der Waals surface area contributed by atoms with E-state index in [4.69, 9.17) is 4.74 Å². The van der Waals surface area contributed by atoms with Crippen LogP contribution < -0.4 is 10.2 Å². The van der Waals surface area contributed by atoms with E-state index in [0.717, 1.165) is 5.69 Å². The van der Waals surface area contributed by atoms with E-state index in [1.807, 2.05) is 30.3 Å². The zero-order chi connectivity index (χ0) is 19.2. The first-order chi connectivity index (χ1) is 13.1. The molecule has 136 valence electrons. The van der Waals surface area contributed by atoms with Crippen LogP contribution in [0, 0.1) is 0 Å². The van der Waals surface area contributed by atoms with Gasteiger partial charge in [0.25, 0.3) is 5.91 Å². The number of rotatable bonds is 5. The van der Waals surface area contributed by atoms with Crippen molar-refractivity contribution in [1.29, 1.82) is 0 Å². The van der Waals surface area contributed by atoms with Gasteiger partial charge in [0, 0.05) is 18.4 Å². The lowest BCUT2D eigenvalue weighted by atomic mass is 10.2. The van der Waals surface area contributed by atoms with E-state index in [2.05, 4.69) is 15.5 Å². The molecule has 0 unspecified atom stereocenters. The van der Waals surface area contributed by atoms with Crippen LogP contribution in [0.5, 0.6) is 0 Å². The normalized spacial score (nSPS) is 10.1. The number of hydrogen-bond donors (Lipinski definition) is 1. The van der Waals surface area contributed by atoms with Gasteiger partial charge < -0.3 is 15.0 Å². The highest BCUT2D eigenvalue weighted by Crippen LogP contribution is 2.17. The van der Waals surface area contributed by atoms with E-state index in [9.17, 15) is 9.59 Å². The second-order valence-electron chi connectivity index (χ2n) is 5.70. The average molecular weight is 362 g/mol. The summed E-state index contributed by atoms with van der Waals surface area (Å²) in [5.74, 6) is -0.224. The predicted octanol–water partition coefficient (Wildman–Crippen LogP) is 3.28. The minimum atomic E-state index is -0.422. The average Bonchev–Trinajstić information content (AvgIpc) is 2.73. The van der Waals surface area contributed by atoms with Crippen molar-refractivity contribution in [1.82, 2.24) is 10.2 Å². The van der Waals surface area contributed by atoms with Crippen LogP contribution in [0.15, 0.2) is 66.7 Å². The van der Waals surface area contributed by atoms with E-state index >= 15 is 0 Å². The standard InChI is InChI=1S/C20H18N4O3/c1-24(16-9-4-3-5-10-16)19(25)17-11-12-18(23-22-17)21-15-8-6-7-14(13-15)20(26)27-2/h3-13H,1-2H3,(H,21,23). The van der Waals surface area contributed by atoms with Gasteiger partial charge in [0.2, 0.25) is 0 Å². The summed E-state index contributed by atoms with van der Waals surface area (Å²) >= 11 is 0. The maximum atomic E-state index is 12.5. The first-order valence-corrected chi connectivity index (χ1v) is 8.20. The second-order valence-corrected chi connectivity index (χ2v) is 5.70. The van der Waals surface area contributed by atoms with Gasteiger partial charge >= 0.3 is 5.97 Å². The summed E-state index contributed by atoms with van der Waals surface area (Å²) in [6.07, 6.45) is 0. The van der Waals surface area contributed by atoms with Crippen LogP contribution in [0.4, 0.5) is 17.2 Å². The third kappa shape index (κ3) is 4.27. The van der Waals surface area contributed by atoms with Crippen LogP contribution in [-0.2, 0) is 4.74 Å². The fourth-order valence-electron chi connectivity index (χ4n) is 2.44. The molecule has 0 spiro atoms. The van der Waals surface area contributed by atoms with E-state index in [0.29, 0.717) is 17.1 Å². The summed E-state index contributed by atoms with van der Waals surface area (Å²) in [5, 5.41) is 11.1. The number of nitrogens with one attached hydrogen (secondary N) is 1. The molecule has 7 nitrogen and oxygen atoms in total. The van der Waals surface area contributed by atoms with Crippen LogP contribution in [0.25, 0.3) is 0 Å². The third-order valence-electron chi connectivity index (χ3n) is 3.89. The molecule has 0 radical (unpaired) electrons.